The monoisotopic (exact) mass is 207 g/mol. The van der Waals surface area contributed by atoms with E-state index >= 15 is 0 Å². The van der Waals surface area contributed by atoms with Crippen molar-refractivity contribution in [1.82, 2.24) is 9.88 Å². The molecule has 0 aliphatic heterocycles. The summed E-state index contributed by atoms with van der Waals surface area (Å²) in [6, 6.07) is 1.68. The van der Waals surface area contributed by atoms with Gasteiger partial charge in [-0.3, -0.25) is 9.78 Å². The fourth-order valence-corrected chi connectivity index (χ4v) is 1.41. The number of nitrogens with zero attached hydrogens (tertiary/aromatic N) is 2. The molecule has 0 saturated heterocycles. The highest BCUT2D eigenvalue weighted by molar-refractivity contribution is 5.95. The van der Waals surface area contributed by atoms with Gasteiger partial charge in [-0.1, -0.05) is 6.92 Å². The predicted molar refractivity (Wildman–Crippen MR) is 60.6 cm³/mol. The second-order valence-electron chi connectivity index (χ2n) is 3.63. The number of nitrogen functional groups attached to an aromatic ring is 1. The molecule has 0 fully saturated rings. The number of nitrogens with two attached hydrogens (primary N) is 1. The van der Waals surface area contributed by atoms with Crippen molar-refractivity contribution in [3.8, 4) is 0 Å². The smallest absolute Gasteiger partial charge is 0.255 e. The summed E-state index contributed by atoms with van der Waals surface area (Å²) in [7, 11) is 1.79. The Morgan fingerprint density at radius 1 is 1.60 bits per heavy atom. The van der Waals surface area contributed by atoms with Crippen LogP contribution in [0.4, 0.5) is 5.69 Å². The van der Waals surface area contributed by atoms with Crippen molar-refractivity contribution in [2.75, 3.05) is 19.3 Å². The molecule has 0 bridgehead atoms. The van der Waals surface area contributed by atoms with E-state index in [-0.39, 0.29) is 5.91 Å². The third-order valence-electron chi connectivity index (χ3n) is 2.24. The van der Waals surface area contributed by atoms with Gasteiger partial charge in [0.15, 0.2) is 0 Å². The number of pyridine rings is 1. The van der Waals surface area contributed by atoms with Crippen molar-refractivity contribution in [1.29, 1.82) is 0 Å². The summed E-state index contributed by atoms with van der Waals surface area (Å²) < 4.78 is 0. The third kappa shape index (κ3) is 2.68. The first-order chi connectivity index (χ1) is 7.06. The van der Waals surface area contributed by atoms with Crippen molar-refractivity contribution >= 4 is 11.6 Å². The van der Waals surface area contributed by atoms with Crippen LogP contribution >= 0.6 is 0 Å². The highest BCUT2D eigenvalue weighted by atomic mass is 16.2. The number of hydrogen-bond acceptors (Lipinski definition) is 3. The third-order valence-corrected chi connectivity index (χ3v) is 2.24. The van der Waals surface area contributed by atoms with Gasteiger partial charge in [-0.2, -0.15) is 0 Å². The quantitative estimate of drug-likeness (QED) is 0.816. The lowest BCUT2D eigenvalue weighted by Gasteiger charge is -2.17. The Bertz CT molecular complexity index is 363. The standard InChI is InChI=1S/C11H17N3O/c1-4-5-14(3)11(15)10-6-9(12)7-13-8(10)2/h6-7H,4-5,12H2,1-3H3. The number of carbonyl (C=O) groups excluding carboxylic acids is 1. The Morgan fingerprint density at radius 2 is 2.27 bits per heavy atom. The van der Waals surface area contributed by atoms with Gasteiger partial charge in [-0.25, -0.2) is 0 Å². The zero-order valence-corrected chi connectivity index (χ0v) is 9.45. The molecule has 0 spiro atoms. The number of carbonyl (C=O) groups is 1. The van der Waals surface area contributed by atoms with E-state index in [1.807, 2.05) is 13.8 Å². The zero-order chi connectivity index (χ0) is 11.4. The normalized spacial score (nSPS) is 10.1. The molecule has 1 rings (SSSR count). The molecule has 0 saturated carbocycles. The summed E-state index contributed by atoms with van der Waals surface area (Å²) in [4.78, 5) is 17.7. The van der Waals surface area contributed by atoms with E-state index in [1.54, 1.807) is 24.2 Å². The van der Waals surface area contributed by atoms with Crippen LogP contribution in [0.15, 0.2) is 12.3 Å². The summed E-state index contributed by atoms with van der Waals surface area (Å²) in [5, 5.41) is 0. The molecule has 1 aromatic rings. The topological polar surface area (TPSA) is 59.2 Å². The number of rotatable bonds is 3. The maximum Gasteiger partial charge on any atom is 0.255 e. The van der Waals surface area contributed by atoms with Gasteiger partial charge in [0.05, 0.1) is 23.1 Å². The molecule has 1 heterocycles. The molecule has 4 nitrogen and oxygen atoms in total. The van der Waals surface area contributed by atoms with E-state index in [1.165, 1.54) is 0 Å². The summed E-state index contributed by atoms with van der Waals surface area (Å²) in [6.45, 7) is 4.59. The number of amides is 1. The minimum absolute atomic E-state index is 0.0193. The van der Waals surface area contributed by atoms with E-state index in [0.717, 1.165) is 18.7 Å². The van der Waals surface area contributed by atoms with Crippen LogP contribution < -0.4 is 5.73 Å². The van der Waals surface area contributed by atoms with Gasteiger partial charge in [0.25, 0.3) is 5.91 Å². The largest absolute Gasteiger partial charge is 0.397 e. The van der Waals surface area contributed by atoms with Crippen LogP contribution in [0.25, 0.3) is 0 Å². The molecule has 1 aromatic heterocycles. The van der Waals surface area contributed by atoms with Crippen LogP contribution in [0.2, 0.25) is 0 Å². The molecule has 0 unspecified atom stereocenters. The lowest BCUT2D eigenvalue weighted by atomic mass is 10.1. The highest BCUT2D eigenvalue weighted by Gasteiger charge is 2.14. The van der Waals surface area contributed by atoms with Gasteiger partial charge in [0.1, 0.15) is 0 Å². The Hall–Kier alpha value is -1.58. The molecular formula is C11H17N3O. The molecule has 2 N–H and O–H groups in total. The van der Waals surface area contributed by atoms with Crippen molar-refractivity contribution in [3.63, 3.8) is 0 Å². The van der Waals surface area contributed by atoms with E-state index in [4.69, 9.17) is 5.73 Å². The van der Waals surface area contributed by atoms with Crippen molar-refractivity contribution in [2.24, 2.45) is 0 Å². The van der Waals surface area contributed by atoms with Gasteiger partial charge in [-0.15, -0.1) is 0 Å². The Labute approximate surface area is 90.1 Å². The van der Waals surface area contributed by atoms with Crippen LogP contribution in [0.3, 0.4) is 0 Å². The van der Waals surface area contributed by atoms with Crippen LogP contribution in [-0.2, 0) is 0 Å². The minimum atomic E-state index is -0.0193. The first kappa shape index (κ1) is 11.5. The van der Waals surface area contributed by atoms with E-state index in [9.17, 15) is 4.79 Å². The predicted octanol–water partition coefficient (Wildman–Crippen LogP) is 1.45. The molecule has 0 aromatic carbocycles. The van der Waals surface area contributed by atoms with Crippen LogP contribution in [0, 0.1) is 6.92 Å². The molecular weight excluding hydrogens is 190 g/mol. The first-order valence-corrected chi connectivity index (χ1v) is 5.03. The Balaban J connectivity index is 2.95. The van der Waals surface area contributed by atoms with Gasteiger partial charge >= 0.3 is 0 Å². The van der Waals surface area contributed by atoms with E-state index in [2.05, 4.69) is 4.98 Å². The molecule has 0 radical (unpaired) electrons. The zero-order valence-electron chi connectivity index (χ0n) is 9.45. The summed E-state index contributed by atoms with van der Waals surface area (Å²) in [6.07, 6.45) is 2.50. The van der Waals surface area contributed by atoms with Gasteiger partial charge in [-0.05, 0) is 19.4 Å². The fraction of sp³-hybridized carbons (Fsp3) is 0.455. The Kier molecular flexibility index (Phi) is 3.66. The molecule has 0 aliphatic rings. The van der Waals surface area contributed by atoms with Crippen molar-refractivity contribution < 1.29 is 4.79 Å². The van der Waals surface area contributed by atoms with Gasteiger partial charge in [0, 0.05) is 13.6 Å². The molecule has 82 valence electrons. The van der Waals surface area contributed by atoms with Crippen LogP contribution in [0.1, 0.15) is 29.4 Å². The molecule has 4 heteroatoms. The van der Waals surface area contributed by atoms with Crippen LogP contribution in [0.5, 0.6) is 0 Å². The minimum Gasteiger partial charge on any atom is -0.397 e. The maximum absolute atomic E-state index is 11.9. The van der Waals surface area contributed by atoms with Crippen LogP contribution in [-0.4, -0.2) is 29.4 Å². The molecule has 0 aliphatic carbocycles. The molecule has 15 heavy (non-hydrogen) atoms. The molecule has 0 atom stereocenters. The lowest BCUT2D eigenvalue weighted by molar-refractivity contribution is 0.0794. The van der Waals surface area contributed by atoms with Crippen molar-refractivity contribution in [3.05, 3.63) is 23.5 Å². The second kappa shape index (κ2) is 4.77. The van der Waals surface area contributed by atoms with E-state index in [0.29, 0.717) is 11.3 Å². The summed E-state index contributed by atoms with van der Waals surface area (Å²) in [5.74, 6) is -0.0193. The highest BCUT2D eigenvalue weighted by Crippen LogP contribution is 2.11. The summed E-state index contributed by atoms with van der Waals surface area (Å²) >= 11 is 0. The van der Waals surface area contributed by atoms with Crippen molar-refractivity contribution in [2.45, 2.75) is 20.3 Å². The number of aryl methyl sites for hydroxylation is 1. The lowest BCUT2D eigenvalue weighted by Crippen LogP contribution is -2.28. The second-order valence-corrected chi connectivity index (χ2v) is 3.63. The average molecular weight is 207 g/mol. The number of aromatic nitrogens is 1. The van der Waals surface area contributed by atoms with Gasteiger partial charge < -0.3 is 10.6 Å². The SMILES string of the molecule is CCCN(C)C(=O)c1cc(N)cnc1C. The molecule has 1 amide bonds. The first-order valence-electron chi connectivity index (χ1n) is 5.03. The van der Waals surface area contributed by atoms with Gasteiger partial charge in [0.2, 0.25) is 0 Å². The summed E-state index contributed by atoms with van der Waals surface area (Å²) in [5.41, 5.74) is 7.44. The number of hydrogen-bond donors (Lipinski definition) is 1. The average Bonchev–Trinajstić information content (AvgIpc) is 2.21. The van der Waals surface area contributed by atoms with E-state index < -0.39 is 0 Å². The number of anilines is 1. The fourth-order valence-electron chi connectivity index (χ4n) is 1.41. The maximum atomic E-state index is 11.9. The Morgan fingerprint density at radius 3 is 2.87 bits per heavy atom.